The van der Waals surface area contributed by atoms with Gasteiger partial charge in [0, 0.05) is 29.3 Å². The maximum Gasteiger partial charge on any atom is 0.258 e. The lowest BCUT2D eigenvalue weighted by Crippen LogP contribution is -2.49. The summed E-state index contributed by atoms with van der Waals surface area (Å²) in [4.78, 5) is 13.8. The van der Waals surface area contributed by atoms with Crippen LogP contribution >= 0.6 is 23.4 Å². The number of phenols is 1. The van der Waals surface area contributed by atoms with Gasteiger partial charge < -0.3 is 10.0 Å². The first-order valence-corrected chi connectivity index (χ1v) is 9.35. The molecule has 1 aliphatic heterocycles. The van der Waals surface area contributed by atoms with Crippen LogP contribution in [0.4, 0.5) is 0 Å². The van der Waals surface area contributed by atoms with Crippen molar-refractivity contribution in [1.82, 2.24) is 4.90 Å². The average Bonchev–Trinajstić information content (AvgIpc) is 2.40. The summed E-state index contributed by atoms with van der Waals surface area (Å²) in [6.45, 7) is 0.327. The average molecular weight is 336 g/mol. The minimum atomic E-state index is -3.38. The Labute approximate surface area is 126 Å². The molecular weight excluding hydrogens is 322 g/mol. The van der Waals surface area contributed by atoms with Crippen molar-refractivity contribution in [1.29, 1.82) is 0 Å². The number of carbonyl (C=O) groups is 1. The standard InChI is InChI=1S/C12H14ClNO4S2/c1-20(17,18)11-7-19-5-4-14(11)12(16)9-6-8(13)2-3-10(9)15/h2-3,6,11,15H,4-5,7H2,1H3. The second kappa shape index (κ2) is 5.83. The molecule has 1 unspecified atom stereocenters. The molecule has 8 heteroatoms. The Morgan fingerprint density at radius 1 is 1.50 bits per heavy atom. The van der Waals surface area contributed by atoms with Crippen LogP contribution in [0.3, 0.4) is 0 Å². The molecule has 0 saturated carbocycles. The molecule has 0 bridgehead atoms. The molecule has 110 valence electrons. The molecule has 1 heterocycles. The van der Waals surface area contributed by atoms with Gasteiger partial charge in [0.05, 0.1) is 5.56 Å². The number of thioether (sulfide) groups is 1. The van der Waals surface area contributed by atoms with Crippen molar-refractivity contribution in [2.75, 3.05) is 24.3 Å². The third-order valence-corrected chi connectivity index (χ3v) is 5.91. The van der Waals surface area contributed by atoms with E-state index < -0.39 is 21.1 Å². The maximum absolute atomic E-state index is 12.5. The van der Waals surface area contributed by atoms with E-state index in [2.05, 4.69) is 0 Å². The number of nitrogens with zero attached hydrogens (tertiary/aromatic N) is 1. The highest BCUT2D eigenvalue weighted by atomic mass is 35.5. The summed E-state index contributed by atoms with van der Waals surface area (Å²) in [5, 5.41) is 9.21. The Kier molecular flexibility index (Phi) is 4.51. The van der Waals surface area contributed by atoms with Gasteiger partial charge in [0.2, 0.25) is 0 Å². The van der Waals surface area contributed by atoms with Crippen LogP contribution in [0.15, 0.2) is 18.2 Å². The first kappa shape index (κ1) is 15.5. The summed E-state index contributed by atoms with van der Waals surface area (Å²) in [7, 11) is -3.38. The highest BCUT2D eigenvalue weighted by Gasteiger charge is 2.35. The molecular formula is C12H14ClNO4S2. The molecule has 1 N–H and O–H groups in total. The van der Waals surface area contributed by atoms with Crippen LogP contribution in [0, 0.1) is 0 Å². The first-order valence-electron chi connectivity index (χ1n) is 5.87. The number of benzene rings is 1. The zero-order valence-electron chi connectivity index (χ0n) is 10.7. The smallest absolute Gasteiger partial charge is 0.258 e. The predicted molar refractivity (Wildman–Crippen MR) is 80.1 cm³/mol. The highest BCUT2D eigenvalue weighted by molar-refractivity contribution is 8.00. The van der Waals surface area contributed by atoms with Crippen LogP contribution in [0.2, 0.25) is 5.02 Å². The summed E-state index contributed by atoms with van der Waals surface area (Å²) >= 11 is 7.31. The van der Waals surface area contributed by atoms with Crippen LogP contribution in [0.1, 0.15) is 10.4 Å². The summed E-state index contributed by atoms with van der Waals surface area (Å²) in [5.74, 6) is 0.288. The minimum absolute atomic E-state index is 0.0260. The van der Waals surface area contributed by atoms with Gasteiger partial charge in [-0.2, -0.15) is 11.8 Å². The van der Waals surface area contributed by atoms with Crippen molar-refractivity contribution in [2.45, 2.75) is 5.37 Å². The van der Waals surface area contributed by atoms with Gasteiger partial charge in [0.25, 0.3) is 5.91 Å². The van der Waals surface area contributed by atoms with Gasteiger partial charge in [0.1, 0.15) is 11.1 Å². The van der Waals surface area contributed by atoms with E-state index in [1.807, 2.05) is 0 Å². The molecule has 1 aromatic carbocycles. The van der Waals surface area contributed by atoms with Crippen molar-refractivity contribution in [3.05, 3.63) is 28.8 Å². The molecule has 0 spiro atoms. The van der Waals surface area contributed by atoms with E-state index in [1.54, 1.807) is 0 Å². The van der Waals surface area contributed by atoms with Crippen molar-refractivity contribution in [3.8, 4) is 5.75 Å². The van der Waals surface area contributed by atoms with Crippen molar-refractivity contribution < 1.29 is 18.3 Å². The normalized spacial score (nSPS) is 19.9. The minimum Gasteiger partial charge on any atom is -0.507 e. The Bertz CT molecular complexity index is 632. The quantitative estimate of drug-likeness (QED) is 0.888. The SMILES string of the molecule is CS(=O)(=O)C1CSCCN1C(=O)c1cc(Cl)ccc1O. The van der Waals surface area contributed by atoms with Crippen molar-refractivity contribution in [3.63, 3.8) is 0 Å². The third-order valence-electron chi connectivity index (χ3n) is 3.03. The molecule has 5 nitrogen and oxygen atoms in total. The highest BCUT2D eigenvalue weighted by Crippen LogP contribution is 2.27. The second-order valence-electron chi connectivity index (χ2n) is 4.52. The predicted octanol–water partition coefficient (Wildman–Crippen LogP) is 1.61. The zero-order chi connectivity index (χ0) is 14.9. The number of halogens is 1. The number of rotatable bonds is 2. The fourth-order valence-electron chi connectivity index (χ4n) is 2.00. The molecule has 0 aromatic heterocycles. The summed E-state index contributed by atoms with van der Waals surface area (Å²) in [6, 6.07) is 4.14. The molecule has 1 amide bonds. The molecule has 1 aliphatic rings. The summed E-state index contributed by atoms with van der Waals surface area (Å²) in [6.07, 6.45) is 1.11. The molecule has 1 saturated heterocycles. The van der Waals surface area contributed by atoms with Gasteiger partial charge in [-0.3, -0.25) is 4.79 Å². The second-order valence-corrected chi connectivity index (χ2v) is 8.31. The molecule has 0 radical (unpaired) electrons. The van der Waals surface area contributed by atoms with Crippen LogP contribution in [0.5, 0.6) is 5.75 Å². The summed E-state index contributed by atoms with van der Waals surface area (Å²) in [5.41, 5.74) is 0.0260. The number of aromatic hydroxyl groups is 1. The van der Waals surface area contributed by atoms with E-state index in [0.717, 1.165) is 6.26 Å². The van der Waals surface area contributed by atoms with Gasteiger partial charge in [-0.05, 0) is 18.2 Å². The lowest BCUT2D eigenvalue weighted by molar-refractivity contribution is 0.0746. The number of carbonyl (C=O) groups excluding carboxylic acids is 1. The number of amides is 1. The van der Waals surface area contributed by atoms with E-state index in [1.165, 1.54) is 34.9 Å². The fourth-order valence-corrected chi connectivity index (χ4v) is 4.99. The number of phenolic OH excluding ortho intramolecular Hbond substituents is 1. The molecule has 2 rings (SSSR count). The molecule has 1 aromatic rings. The van der Waals surface area contributed by atoms with E-state index in [4.69, 9.17) is 11.6 Å². The number of hydrogen-bond acceptors (Lipinski definition) is 5. The van der Waals surface area contributed by atoms with Crippen molar-refractivity contribution in [2.24, 2.45) is 0 Å². The lowest BCUT2D eigenvalue weighted by Gasteiger charge is -2.34. The van der Waals surface area contributed by atoms with Crippen molar-refractivity contribution >= 4 is 39.1 Å². The lowest BCUT2D eigenvalue weighted by atomic mass is 10.1. The Morgan fingerprint density at radius 3 is 2.85 bits per heavy atom. The maximum atomic E-state index is 12.5. The van der Waals surface area contributed by atoms with E-state index in [-0.39, 0.29) is 11.3 Å². The van der Waals surface area contributed by atoms with E-state index >= 15 is 0 Å². The summed E-state index contributed by atoms with van der Waals surface area (Å²) < 4.78 is 23.6. The van der Waals surface area contributed by atoms with Crippen LogP contribution in [0.25, 0.3) is 0 Å². The van der Waals surface area contributed by atoms with Gasteiger partial charge in [-0.1, -0.05) is 11.6 Å². The van der Waals surface area contributed by atoms with E-state index in [0.29, 0.717) is 23.1 Å². The molecule has 1 atom stereocenters. The van der Waals surface area contributed by atoms with Gasteiger partial charge >= 0.3 is 0 Å². The van der Waals surface area contributed by atoms with Crippen LogP contribution in [-0.4, -0.2) is 54.0 Å². The Morgan fingerprint density at radius 2 is 2.20 bits per heavy atom. The number of sulfone groups is 1. The first-order chi connectivity index (χ1) is 9.30. The topological polar surface area (TPSA) is 74.7 Å². The van der Waals surface area contributed by atoms with Gasteiger partial charge in [-0.15, -0.1) is 0 Å². The van der Waals surface area contributed by atoms with Gasteiger partial charge in [0.15, 0.2) is 9.84 Å². The molecule has 0 aliphatic carbocycles. The van der Waals surface area contributed by atoms with Gasteiger partial charge in [-0.25, -0.2) is 8.42 Å². The largest absolute Gasteiger partial charge is 0.507 e. The Hall–Kier alpha value is -0.920. The zero-order valence-corrected chi connectivity index (χ0v) is 13.1. The van der Waals surface area contributed by atoms with E-state index in [9.17, 15) is 18.3 Å². The number of hydrogen-bond donors (Lipinski definition) is 1. The monoisotopic (exact) mass is 335 g/mol. The van der Waals surface area contributed by atoms with Crippen LogP contribution in [-0.2, 0) is 9.84 Å². The molecule has 1 fully saturated rings. The van der Waals surface area contributed by atoms with Crippen LogP contribution < -0.4 is 0 Å². The Balaban J connectivity index is 2.37. The fraction of sp³-hybridized carbons (Fsp3) is 0.417. The molecule has 20 heavy (non-hydrogen) atoms. The third kappa shape index (κ3) is 3.21.